The molecule has 1 fully saturated rings. The van der Waals surface area contributed by atoms with E-state index in [1.807, 2.05) is 13.8 Å². The van der Waals surface area contributed by atoms with E-state index in [4.69, 9.17) is 8.94 Å². The van der Waals surface area contributed by atoms with Crippen LogP contribution in [-0.2, 0) is 5.75 Å². The third-order valence-electron chi connectivity index (χ3n) is 3.90. The molecule has 6 heteroatoms. The number of thioether (sulfide) groups is 1. The van der Waals surface area contributed by atoms with Crippen molar-refractivity contribution < 1.29 is 8.94 Å². The number of aromatic nitrogens is 3. The van der Waals surface area contributed by atoms with Crippen LogP contribution < -0.4 is 0 Å². The zero-order valence-electron chi connectivity index (χ0n) is 11.9. The minimum absolute atomic E-state index is 0.463. The van der Waals surface area contributed by atoms with Gasteiger partial charge in [-0.15, -0.1) is 10.2 Å². The van der Waals surface area contributed by atoms with Gasteiger partial charge >= 0.3 is 0 Å². The summed E-state index contributed by atoms with van der Waals surface area (Å²) < 4.78 is 10.9. The predicted octanol–water partition coefficient (Wildman–Crippen LogP) is 4.01. The van der Waals surface area contributed by atoms with Crippen LogP contribution in [0.15, 0.2) is 14.2 Å². The van der Waals surface area contributed by atoms with Crippen molar-refractivity contribution in [1.29, 1.82) is 0 Å². The van der Waals surface area contributed by atoms with Gasteiger partial charge in [0.1, 0.15) is 5.76 Å². The molecule has 1 saturated carbocycles. The predicted molar refractivity (Wildman–Crippen MR) is 75.7 cm³/mol. The molecule has 0 unspecified atom stereocenters. The molecular formula is C14H19N3O2S. The normalized spacial score (nSPS) is 16.7. The lowest BCUT2D eigenvalue weighted by molar-refractivity contribution is 0.334. The molecule has 20 heavy (non-hydrogen) atoms. The summed E-state index contributed by atoms with van der Waals surface area (Å²) in [5.41, 5.74) is 2.05. The van der Waals surface area contributed by atoms with E-state index in [0.29, 0.717) is 11.1 Å². The lowest BCUT2D eigenvalue weighted by Crippen LogP contribution is -2.04. The number of aryl methyl sites for hydroxylation is 2. The first-order valence-electron chi connectivity index (χ1n) is 7.12. The Hall–Kier alpha value is -1.30. The zero-order chi connectivity index (χ0) is 13.9. The van der Waals surface area contributed by atoms with Gasteiger partial charge in [0.25, 0.3) is 5.22 Å². The van der Waals surface area contributed by atoms with Crippen LogP contribution in [0.4, 0.5) is 0 Å². The Labute approximate surface area is 122 Å². The average Bonchev–Trinajstić information content (AvgIpc) is 3.06. The molecule has 0 saturated heterocycles. The second kappa shape index (κ2) is 5.99. The highest BCUT2D eigenvalue weighted by Gasteiger charge is 2.21. The third-order valence-corrected chi connectivity index (χ3v) is 4.74. The monoisotopic (exact) mass is 293 g/mol. The number of hydrogen-bond acceptors (Lipinski definition) is 6. The summed E-state index contributed by atoms with van der Waals surface area (Å²) in [6.45, 7) is 3.88. The van der Waals surface area contributed by atoms with Gasteiger partial charge in [0.05, 0.1) is 5.69 Å². The highest BCUT2D eigenvalue weighted by atomic mass is 32.2. The highest BCUT2D eigenvalue weighted by molar-refractivity contribution is 7.98. The second-order valence-electron chi connectivity index (χ2n) is 5.33. The molecule has 2 heterocycles. The lowest BCUT2D eigenvalue weighted by atomic mass is 9.89. The van der Waals surface area contributed by atoms with Gasteiger partial charge in [-0.2, -0.15) is 0 Å². The van der Waals surface area contributed by atoms with Crippen molar-refractivity contribution in [3.05, 3.63) is 22.9 Å². The fourth-order valence-electron chi connectivity index (χ4n) is 2.64. The van der Waals surface area contributed by atoms with Gasteiger partial charge in [-0.05, 0) is 26.7 Å². The maximum atomic E-state index is 5.79. The Bertz CT molecular complexity index is 553. The van der Waals surface area contributed by atoms with E-state index in [-0.39, 0.29) is 0 Å². The molecule has 5 nitrogen and oxygen atoms in total. The molecule has 2 aromatic rings. The topological polar surface area (TPSA) is 65.0 Å². The van der Waals surface area contributed by atoms with Crippen molar-refractivity contribution in [2.45, 2.75) is 62.8 Å². The smallest absolute Gasteiger partial charge is 0.276 e. The van der Waals surface area contributed by atoms with E-state index in [1.54, 1.807) is 11.8 Å². The fourth-order valence-corrected chi connectivity index (χ4v) is 3.56. The first kappa shape index (κ1) is 13.7. The first-order chi connectivity index (χ1) is 9.74. The quantitative estimate of drug-likeness (QED) is 0.793. The molecule has 0 spiro atoms. The third kappa shape index (κ3) is 2.90. The van der Waals surface area contributed by atoms with Gasteiger partial charge in [0.15, 0.2) is 0 Å². The van der Waals surface area contributed by atoms with Gasteiger partial charge in [0.2, 0.25) is 5.89 Å². The highest BCUT2D eigenvalue weighted by Crippen LogP contribution is 2.33. The molecule has 108 valence electrons. The molecule has 0 atom stereocenters. The number of rotatable bonds is 4. The number of hydrogen-bond donors (Lipinski definition) is 0. The fraction of sp³-hybridized carbons (Fsp3) is 0.643. The molecule has 0 bridgehead atoms. The van der Waals surface area contributed by atoms with Crippen molar-refractivity contribution >= 4 is 11.8 Å². The minimum Gasteiger partial charge on any atom is -0.416 e. The SMILES string of the molecule is Cc1noc(C)c1CSc1nnc(C2CCCCC2)o1. The van der Waals surface area contributed by atoms with Crippen molar-refractivity contribution in [2.75, 3.05) is 0 Å². The van der Waals surface area contributed by atoms with Crippen LogP contribution in [-0.4, -0.2) is 15.4 Å². The van der Waals surface area contributed by atoms with Gasteiger partial charge in [-0.3, -0.25) is 0 Å². The van der Waals surface area contributed by atoms with E-state index in [9.17, 15) is 0 Å². The minimum atomic E-state index is 0.463. The largest absolute Gasteiger partial charge is 0.416 e. The molecule has 0 amide bonds. The Morgan fingerprint density at radius 3 is 2.65 bits per heavy atom. The molecule has 2 aromatic heterocycles. The molecule has 0 aliphatic heterocycles. The van der Waals surface area contributed by atoms with E-state index in [2.05, 4.69) is 15.4 Å². The van der Waals surface area contributed by atoms with Crippen LogP contribution in [0, 0.1) is 13.8 Å². The van der Waals surface area contributed by atoms with E-state index >= 15 is 0 Å². The Kier molecular flexibility index (Phi) is 4.10. The van der Waals surface area contributed by atoms with E-state index < -0.39 is 0 Å². The summed E-state index contributed by atoms with van der Waals surface area (Å²) >= 11 is 1.55. The van der Waals surface area contributed by atoms with Crippen molar-refractivity contribution in [1.82, 2.24) is 15.4 Å². The molecule has 1 aliphatic rings. The summed E-state index contributed by atoms with van der Waals surface area (Å²) in [5, 5.41) is 12.9. The van der Waals surface area contributed by atoms with Crippen molar-refractivity contribution in [3.8, 4) is 0 Å². The van der Waals surface area contributed by atoms with Gasteiger partial charge < -0.3 is 8.94 Å². The standard InChI is InChI=1S/C14H19N3O2S/c1-9-12(10(2)19-17-9)8-20-14-16-15-13(18-14)11-6-4-3-5-7-11/h11H,3-8H2,1-2H3. The molecule has 3 rings (SSSR count). The molecule has 0 N–H and O–H groups in total. The number of nitrogens with zero attached hydrogens (tertiary/aromatic N) is 3. The zero-order valence-corrected chi connectivity index (χ0v) is 12.7. The van der Waals surface area contributed by atoms with Gasteiger partial charge in [-0.25, -0.2) is 0 Å². The van der Waals surface area contributed by atoms with E-state index in [1.165, 1.54) is 32.1 Å². The van der Waals surface area contributed by atoms with Crippen LogP contribution in [0.25, 0.3) is 0 Å². The Morgan fingerprint density at radius 2 is 1.95 bits per heavy atom. The second-order valence-corrected chi connectivity index (χ2v) is 6.26. The van der Waals surface area contributed by atoms with Crippen molar-refractivity contribution in [2.24, 2.45) is 0 Å². The summed E-state index contributed by atoms with van der Waals surface area (Å²) in [6.07, 6.45) is 6.23. The van der Waals surface area contributed by atoms with Crippen LogP contribution >= 0.6 is 11.8 Å². The molecule has 1 aliphatic carbocycles. The lowest BCUT2D eigenvalue weighted by Gasteiger charge is -2.17. The average molecular weight is 293 g/mol. The summed E-state index contributed by atoms with van der Waals surface area (Å²) in [7, 11) is 0. The van der Waals surface area contributed by atoms with Crippen LogP contribution in [0.3, 0.4) is 0 Å². The van der Waals surface area contributed by atoms with Crippen LogP contribution in [0.1, 0.15) is 60.9 Å². The van der Waals surface area contributed by atoms with Crippen molar-refractivity contribution in [3.63, 3.8) is 0 Å². The molecule has 0 radical (unpaired) electrons. The Balaban J connectivity index is 1.62. The van der Waals surface area contributed by atoms with E-state index in [0.717, 1.165) is 28.7 Å². The Morgan fingerprint density at radius 1 is 1.15 bits per heavy atom. The maximum Gasteiger partial charge on any atom is 0.276 e. The molecule has 0 aromatic carbocycles. The molecular weight excluding hydrogens is 274 g/mol. The van der Waals surface area contributed by atoms with Gasteiger partial charge in [-0.1, -0.05) is 36.2 Å². The van der Waals surface area contributed by atoms with Crippen LogP contribution in [0.2, 0.25) is 0 Å². The van der Waals surface area contributed by atoms with Crippen LogP contribution in [0.5, 0.6) is 0 Å². The first-order valence-corrected chi connectivity index (χ1v) is 8.10. The maximum absolute atomic E-state index is 5.79. The summed E-state index contributed by atoms with van der Waals surface area (Å²) in [6, 6.07) is 0. The summed E-state index contributed by atoms with van der Waals surface area (Å²) in [5.74, 6) is 2.89. The van der Waals surface area contributed by atoms with Gasteiger partial charge in [0, 0.05) is 17.2 Å². The summed E-state index contributed by atoms with van der Waals surface area (Å²) in [4.78, 5) is 0.